The highest BCUT2D eigenvalue weighted by atomic mass is 79.9. The molecule has 4 nitrogen and oxygen atoms in total. The van der Waals surface area contributed by atoms with Crippen LogP contribution in [0.4, 0.5) is 5.69 Å². The molecule has 0 radical (unpaired) electrons. The maximum Gasteiger partial charge on any atom is 0.231 e. The molecule has 110 valence electrons. The lowest BCUT2D eigenvalue weighted by molar-refractivity contribution is -0.129. The SMILES string of the molecule is CCOc1c(Br)cc(Cl)cc1NC(=O)C1(CN)CCC1. The Kier molecular flexibility index (Phi) is 4.94. The summed E-state index contributed by atoms with van der Waals surface area (Å²) in [5.41, 5.74) is 5.90. The number of rotatable bonds is 5. The number of amides is 1. The summed E-state index contributed by atoms with van der Waals surface area (Å²) in [6.07, 6.45) is 2.71. The Labute approximate surface area is 132 Å². The number of carbonyl (C=O) groups is 1. The fourth-order valence-corrected chi connectivity index (χ4v) is 3.25. The van der Waals surface area contributed by atoms with Gasteiger partial charge >= 0.3 is 0 Å². The fraction of sp³-hybridized carbons (Fsp3) is 0.500. The number of benzene rings is 1. The van der Waals surface area contributed by atoms with Gasteiger partial charge in [-0.2, -0.15) is 0 Å². The van der Waals surface area contributed by atoms with Crippen LogP contribution in [0.2, 0.25) is 5.02 Å². The number of ether oxygens (including phenoxy) is 1. The lowest BCUT2D eigenvalue weighted by Gasteiger charge is -2.39. The van der Waals surface area contributed by atoms with Crippen LogP contribution < -0.4 is 15.8 Å². The van der Waals surface area contributed by atoms with E-state index in [-0.39, 0.29) is 5.91 Å². The van der Waals surface area contributed by atoms with Gasteiger partial charge < -0.3 is 15.8 Å². The minimum absolute atomic E-state index is 0.0543. The van der Waals surface area contributed by atoms with E-state index in [1.165, 1.54) is 0 Å². The molecule has 0 aromatic heterocycles. The first-order valence-corrected chi connectivity index (χ1v) is 7.83. The van der Waals surface area contributed by atoms with Crippen molar-refractivity contribution in [2.45, 2.75) is 26.2 Å². The van der Waals surface area contributed by atoms with Gasteiger partial charge in [0.25, 0.3) is 0 Å². The van der Waals surface area contributed by atoms with Crippen molar-refractivity contribution in [1.29, 1.82) is 0 Å². The topological polar surface area (TPSA) is 64.3 Å². The number of halogens is 2. The number of anilines is 1. The molecule has 0 unspecified atom stereocenters. The Morgan fingerprint density at radius 2 is 2.25 bits per heavy atom. The molecular weight excluding hydrogens is 344 g/mol. The molecule has 2 rings (SSSR count). The Morgan fingerprint density at radius 1 is 1.55 bits per heavy atom. The van der Waals surface area contributed by atoms with Gasteiger partial charge in [-0.15, -0.1) is 0 Å². The van der Waals surface area contributed by atoms with E-state index in [4.69, 9.17) is 22.1 Å². The van der Waals surface area contributed by atoms with Crippen LogP contribution in [0, 0.1) is 5.41 Å². The van der Waals surface area contributed by atoms with Gasteiger partial charge in [-0.1, -0.05) is 18.0 Å². The average molecular weight is 362 g/mol. The Morgan fingerprint density at radius 3 is 2.75 bits per heavy atom. The monoisotopic (exact) mass is 360 g/mol. The normalized spacial score (nSPS) is 16.4. The number of carbonyl (C=O) groups excluding carboxylic acids is 1. The van der Waals surface area contributed by atoms with Gasteiger partial charge in [-0.25, -0.2) is 0 Å². The highest BCUT2D eigenvalue weighted by molar-refractivity contribution is 9.10. The highest BCUT2D eigenvalue weighted by Gasteiger charge is 2.43. The van der Waals surface area contributed by atoms with Gasteiger partial charge in [0.2, 0.25) is 5.91 Å². The zero-order valence-corrected chi connectivity index (χ0v) is 13.7. The van der Waals surface area contributed by atoms with E-state index in [9.17, 15) is 4.79 Å². The van der Waals surface area contributed by atoms with Crippen LogP contribution in [0.5, 0.6) is 5.75 Å². The summed E-state index contributed by atoms with van der Waals surface area (Å²) in [6.45, 7) is 2.76. The zero-order valence-electron chi connectivity index (χ0n) is 11.3. The summed E-state index contributed by atoms with van der Waals surface area (Å²) in [6, 6.07) is 3.43. The van der Waals surface area contributed by atoms with Crippen molar-refractivity contribution in [3.05, 3.63) is 21.6 Å². The second-order valence-electron chi connectivity index (χ2n) is 4.99. The first-order valence-electron chi connectivity index (χ1n) is 6.66. The third-order valence-electron chi connectivity index (χ3n) is 3.73. The second-order valence-corrected chi connectivity index (χ2v) is 6.28. The summed E-state index contributed by atoms with van der Waals surface area (Å²) in [5, 5.41) is 3.45. The third kappa shape index (κ3) is 2.95. The van der Waals surface area contributed by atoms with Crippen LogP contribution in [0.15, 0.2) is 16.6 Å². The minimum Gasteiger partial charge on any atom is -0.491 e. The molecule has 3 N–H and O–H groups in total. The van der Waals surface area contributed by atoms with Crippen LogP contribution in [0.1, 0.15) is 26.2 Å². The number of nitrogens with one attached hydrogen (secondary N) is 1. The standard InChI is InChI=1S/C14H18BrClN2O2/c1-2-20-12-10(15)6-9(16)7-11(12)18-13(19)14(8-17)4-3-5-14/h6-7H,2-5,8,17H2,1H3,(H,18,19). The third-order valence-corrected chi connectivity index (χ3v) is 4.54. The molecule has 0 atom stereocenters. The lowest BCUT2D eigenvalue weighted by atomic mass is 9.68. The molecule has 1 aromatic rings. The van der Waals surface area contributed by atoms with Crippen LogP contribution >= 0.6 is 27.5 Å². The molecular formula is C14H18BrClN2O2. The predicted octanol–water partition coefficient (Wildman–Crippen LogP) is 3.57. The quantitative estimate of drug-likeness (QED) is 0.842. The van der Waals surface area contributed by atoms with Crippen molar-refractivity contribution in [1.82, 2.24) is 0 Å². The summed E-state index contributed by atoms with van der Waals surface area (Å²) in [4.78, 5) is 12.4. The van der Waals surface area contributed by atoms with Crippen LogP contribution in [0.25, 0.3) is 0 Å². The maximum atomic E-state index is 12.4. The molecule has 0 spiro atoms. The van der Waals surface area contributed by atoms with Crippen molar-refractivity contribution in [2.75, 3.05) is 18.5 Å². The molecule has 1 saturated carbocycles. The van der Waals surface area contributed by atoms with Gasteiger partial charge in [0.05, 0.1) is 22.2 Å². The number of hydrogen-bond acceptors (Lipinski definition) is 3. The van der Waals surface area contributed by atoms with Crippen molar-refractivity contribution in [3.8, 4) is 5.75 Å². The summed E-state index contributed by atoms with van der Waals surface area (Å²) in [7, 11) is 0. The lowest BCUT2D eigenvalue weighted by Crippen LogP contribution is -2.47. The van der Waals surface area contributed by atoms with E-state index in [2.05, 4.69) is 21.2 Å². The Balaban J connectivity index is 2.26. The predicted molar refractivity (Wildman–Crippen MR) is 84.3 cm³/mol. The smallest absolute Gasteiger partial charge is 0.231 e. The highest BCUT2D eigenvalue weighted by Crippen LogP contribution is 2.43. The van der Waals surface area contributed by atoms with Crippen molar-refractivity contribution < 1.29 is 9.53 Å². The molecule has 1 aliphatic rings. The average Bonchev–Trinajstić information content (AvgIpc) is 2.33. The number of nitrogens with two attached hydrogens (primary N) is 1. The van der Waals surface area contributed by atoms with Crippen molar-refractivity contribution in [2.24, 2.45) is 11.1 Å². The molecule has 1 fully saturated rings. The molecule has 20 heavy (non-hydrogen) atoms. The van der Waals surface area contributed by atoms with E-state index in [0.717, 1.165) is 23.7 Å². The maximum absolute atomic E-state index is 12.4. The van der Waals surface area contributed by atoms with Gasteiger partial charge in [-0.3, -0.25) is 4.79 Å². The first kappa shape index (κ1) is 15.6. The summed E-state index contributed by atoms with van der Waals surface area (Å²) >= 11 is 9.44. The largest absolute Gasteiger partial charge is 0.491 e. The van der Waals surface area contributed by atoms with E-state index in [1.54, 1.807) is 12.1 Å². The van der Waals surface area contributed by atoms with Crippen molar-refractivity contribution in [3.63, 3.8) is 0 Å². The molecule has 0 bridgehead atoms. The molecule has 1 aliphatic carbocycles. The van der Waals surface area contributed by atoms with E-state index < -0.39 is 5.41 Å². The fourth-order valence-electron chi connectivity index (χ4n) is 2.33. The van der Waals surface area contributed by atoms with Gasteiger partial charge in [-0.05, 0) is 47.8 Å². The molecule has 0 heterocycles. The van der Waals surface area contributed by atoms with E-state index >= 15 is 0 Å². The summed E-state index contributed by atoms with van der Waals surface area (Å²) < 4.78 is 6.29. The Hall–Kier alpha value is -0.780. The molecule has 6 heteroatoms. The van der Waals surface area contributed by atoms with E-state index in [0.29, 0.717) is 29.6 Å². The van der Waals surface area contributed by atoms with Crippen LogP contribution in [0.3, 0.4) is 0 Å². The Bertz CT molecular complexity index is 513. The molecule has 1 amide bonds. The van der Waals surface area contributed by atoms with Gasteiger partial charge in [0.1, 0.15) is 0 Å². The molecule has 0 saturated heterocycles. The first-order chi connectivity index (χ1) is 9.52. The molecule has 1 aromatic carbocycles. The molecule has 0 aliphatic heterocycles. The zero-order chi connectivity index (χ0) is 14.8. The minimum atomic E-state index is -0.432. The van der Waals surface area contributed by atoms with Gasteiger partial charge in [0.15, 0.2) is 5.75 Å². The summed E-state index contributed by atoms with van der Waals surface area (Å²) in [5.74, 6) is 0.540. The number of hydrogen-bond donors (Lipinski definition) is 2. The van der Waals surface area contributed by atoms with E-state index in [1.807, 2.05) is 6.92 Å². The van der Waals surface area contributed by atoms with Crippen LogP contribution in [-0.4, -0.2) is 19.1 Å². The van der Waals surface area contributed by atoms with Crippen molar-refractivity contribution >= 4 is 39.1 Å². The van der Waals surface area contributed by atoms with Crippen LogP contribution in [-0.2, 0) is 4.79 Å². The van der Waals surface area contributed by atoms with Gasteiger partial charge in [0, 0.05) is 11.6 Å². The second kappa shape index (κ2) is 6.33.